The van der Waals surface area contributed by atoms with E-state index in [2.05, 4.69) is 10.3 Å². The molecule has 0 aliphatic heterocycles. The van der Waals surface area contributed by atoms with E-state index < -0.39 is 0 Å². The van der Waals surface area contributed by atoms with E-state index in [1.54, 1.807) is 24.4 Å². The van der Waals surface area contributed by atoms with Crippen LogP contribution in [0.5, 0.6) is 0 Å². The Hall–Kier alpha value is -1.05. The molecule has 0 radical (unpaired) electrons. The number of aromatic nitrogens is 1. The molecule has 0 saturated carbocycles. The van der Waals surface area contributed by atoms with Crippen molar-refractivity contribution < 1.29 is 4.79 Å². The van der Waals surface area contributed by atoms with Crippen LogP contribution in [-0.4, -0.2) is 28.9 Å². The molecule has 0 saturated heterocycles. The lowest BCUT2D eigenvalue weighted by atomic mass is 10.3. The van der Waals surface area contributed by atoms with Gasteiger partial charge in [0.25, 0.3) is 0 Å². The Bertz CT molecular complexity index is 645. The van der Waals surface area contributed by atoms with Crippen LogP contribution in [0.4, 0.5) is 10.8 Å². The van der Waals surface area contributed by atoms with Crippen LogP contribution < -0.4 is 11.1 Å². The molecular formula is C14H17Cl3N4OS. The summed E-state index contributed by atoms with van der Waals surface area (Å²) in [5, 5.41) is 4.11. The van der Waals surface area contributed by atoms with E-state index >= 15 is 0 Å². The van der Waals surface area contributed by atoms with Crippen molar-refractivity contribution in [2.24, 2.45) is 0 Å². The summed E-state index contributed by atoms with van der Waals surface area (Å²) in [4.78, 5) is 19.2. The molecule has 1 amide bonds. The number of hydrogen-bond donors (Lipinski definition) is 2. The smallest absolute Gasteiger partial charge is 0.238 e. The number of amides is 1. The van der Waals surface area contributed by atoms with Crippen molar-refractivity contribution in [3.05, 3.63) is 39.3 Å². The van der Waals surface area contributed by atoms with Crippen LogP contribution in [0, 0.1) is 0 Å². The van der Waals surface area contributed by atoms with Crippen molar-refractivity contribution in [1.82, 2.24) is 9.88 Å². The highest BCUT2D eigenvalue weighted by Crippen LogP contribution is 2.29. The summed E-state index contributed by atoms with van der Waals surface area (Å²) in [6.07, 6.45) is 1.73. The second kappa shape index (κ2) is 9.30. The second-order valence-electron chi connectivity index (χ2n) is 4.61. The van der Waals surface area contributed by atoms with E-state index in [9.17, 15) is 4.79 Å². The van der Waals surface area contributed by atoms with E-state index in [-0.39, 0.29) is 24.9 Å². The number of benzene rings is 1. The highest BCUT2D eigenvalue weighted by Gasteiger charge is 2.14. The van der Waals surface area contributed by atoms with Gasteiger partial charge in [-0.1, -0.05) is 36.2 Å². The molecular weight excluding hydrogens is 379 g/mol. The third-order valence-corrected chi connectivity index (χ3v) is 4.43. The number of likely N-dealkylation sites (N-methyl/N-ethyl adjacent to an activating group) is 1. The van der Waals surface area contributed by atoms with Crippen molar-refractivity contribution in [2.75, 3.05) is 24.1 Å². The number of rotatable bonds is 6. The zero-order chi connectivity index (χ0) is 16.1. The second-order valence-corrected chi connectivity index (χ2v) is 6.57. The van der Waals surface area contributed by atoms with Crippen LogP contribution in [0.3, 0.4) is 0 Å². The Morgan fingerprint density at radius 3 is 2.57 bits per heavy atom. The molecule has 1 aromatic heterocycles. The van der Waals surface area contributed by atoms with Crippen LogP contribution in [0.2, 0.25) is 10.0 Å². The average molecular weight is 396 g/mol. The lowest BCUT2D eigenvalue weighted by molar-refractivity contribution is -0.117. The first kappa shape index (κ1) is 20.0. The third-order valence-electron chi connectivity index (χ3n) is 2.99. The molecule has 2 aromatic rings. The Morgan fingerprint density at radius 2 is 2.04 bits per heavy atom. The highest BCUT2D eigenvalue weighted by atomic mass is 35.5. The van der Waals surface area contributed by atoms with E-state index in [4.69, 9.17) is 28.9 Å². The standard InChI is InChI=1S/C14H16Cl2N4OS.ClH/c1-2-20(7-9-6-18-14(17)22-9)8-12(21)19-13-10(15)4-3-5-11(13)16;/h3-6H,2,7-8H2,1H3,(H2,17,18)(H,19,21);1H. The molecule has 0 aliphatic carbocycles. The van der Waals surface area contributed by atoms with Gasteiger partial charge in [0, 0.05) is 17.6 Å². The van der Waals surface area contributed by atoms with Crippen LogP contribution in [0.25, 0.3) is 0 Å². The summed E-state index contributed by atoms with van der Waals surface area (Å²) >= 11 is 13.5. The minimum atomic E-state index is -0.172. The first-order valence-electron chi connectivity index (χ1n) is 6.66. The van der Waals surface area contributed by atoms with Gasteiger partial charge in [0.1, 0.15) is 0 Å². The molecule has 0 fully saturated rings. The van der Waals surface area contributed by atoms with E-state index in [1.807, 2.05) is 11.8 Å². The maximum Gasteiger partial charge on any atom is 0.238 e. The normalized spacial score (nSPS) is 10.4. The van der Waals surface area contributed by atoms with E-state index in [0.29, 0.717) is 27.4 Å². The first-order chi connectivity index (χ1) is 10.5. The lowest BCUT2D eigenvalue weighted by Crippen LogP contribution is -2.32. The van der Waals surface area contributed by atoms with E-state index in [1.165, 1.54) is 11.3 Å². The third kappa shape index (κ3) is 5.82. The molecule has 0 unspecified atom stereocenters. The van der Waals surface area contributed by atoms with Gasteiger partial charge in [-0.3, -0.25) is 9.69 Å². The van der Waals surface area contributed by atoms with Crippen molar-refractivity contribution in [3.63, 3.8) is 0 Å². The number of nitrogens with zero attached hydrogens (tertiary/aromatic N) is 2. The molecule has 0 bridgehead atoms. The molecule has 126 valence electrons. The van der Waals surface area contributed by atoms with E-state index in [0.717, 1.165) is 11.4 Å². The fourth-order valence-corrected chi connectivity index (χ4v) is 3.11. The summed E-state index contributed by atoms with van der Waals surface area (Å²) in [6.45, 7) is 3.56. The monoisotopic (exact) mass is 394 g/mol. The number of halogens is 3. The Labute approximate surface area is 155 Å². The number of carbonyl (C=O) groups excluding carboxylic acids is 1. The first-order valence-corrected chi connectivity index (χ1v) is 8.23. The number of thiazole rings is 1. The maximum absolute atomic E-state index is 12.2. The number of hydrogen-bond acceptors (Lipinski definition) is 5. The zero-order valence-electron chi connectivity index (χ0n) is 12.4. The molecule has 9 heteroatoms. The predicted molar refractivity (Wildman–Crippen MR) is 99.8 cm³/mol. The van der Waals surface area contributed by atoms with Crippen LogP contribution in [0.15, 0.2) is 24.4 Å². The molecule has 0 aliphatic rings. The summed E-state index contributed by atoms with van der Waals surface area (Å²) < 4.78 is 0. The Kier molecular flexibility index (Phi) is 8.08. The van der Waals surface area contributed by atoms with Gasteiger partial charge in [0.15, 0.2) is 5.13 Å². The quantitative estimate of drug-likeness (QED) is 0.778. The lowest BCUT2D eigenvalue weighted by Gasteiger charge is -2.19. The van der Waals surface area contributed by atoms with Gasteiger partial charge >= 0.3 is 0 Å². The van der Waals surface area contributed by atoms with Crippen molar-refractivity contribution in [2.45, 2.75) is 13.5 Å². The minimum Gasteiger partial charge on any atom is -0.375 e. The summed E-state index contributed by atoms with van der Waals surface area (Å²) in [7, 11) is 0. The van der Waals surface area contributed by atoms with Crippen molar-refractivity contribution in [3.8, 4) is 0 Å². The average Bonchev–Trinajstić information content (AvgIpc) is 2.87. The van der Waals surface area contributed by atoms with Gasteiger partial charge in [-0.2, -0.15) is 0 Å². The Balaban J connectivity index is 0.00000264. The SMILES string of the molecule is CCN(CC(=O)Nc1c(Cl)cccc1Cl)Cc1cnc(N)s1.Cl. The maximum atomic E-state index is 12.2. The summed E-state index contributed by atoms with van der Waals surface area (Å²) in [5.74, 6) is -0.172. The molecule has 3 N–H and O–H groups in total. The molecule has 0 spiro atoms. The molecule has 2 rings (SSSR count). The van der Waals surface area contributed by atoms with Gasteiger partial charge < -0.3 is 11.1 Å². The van der Waals surface area contributed by atoms with Crippen LogP contribution in [-0.2, 0) is 11.3 Å². The largest absolute Gasteiger partial charge is 0.375 e. The number of nitrogen functional groups attached to an aromatic ring is 1. The van der Waals surface area contributed by atoms with Crippen molar-refractivity contribution >= 4 is 63.7 Å². The molecule has 0 atom stereocenters. The molecule has 1 heterocycles. The Morgan fingerprint density at radius 1 is 1.39 bits per heavy atom. The number of nitrogens with one attached hydrogen (secondary N) is 1. The minimum absolute atomic E-state index is 0. The zero-order valence-corrected chi connectivity index (χ0v) is 15.5. The predicted octanol–water partition coefficient (Wildman–Crippen LogP) is 3.91. The fourth-order valence-electron chi connectivity index (χ4n) is 1.89. The van der Waals surface area contributed by atoms with Gasteiger partial charge in [0.2, 0.25) is 5.91 Å². The number of carbonyl (C=O) groups is 1. The summed E-state index contributed by atoms with van der Waals surface area (Å²) in [6, 6.07) is 5.09. The fraction of sp³-hybridized carbons (Fsp3) is 0.286. The van der Waals surface area contributed by atoms with Gasteiger partial charge in [-0.25, -0.2) is 4.98 Å². The topological polar surface area (TPSA) is 71.2 Å². The molecule has 1 aromatic carbocycles. The van der Waals surface area contributed by atoms with Crippen molar-refractivity contribution in [1.29, 1.82) is 0 Å². The number of nitrogens with two attached hydrogens (primary N) is 1. The van der Waals surface area contributed by atoms with Crippen LogP contribution in [0.1, 0.15) is 11.8 Å². The highest BCUT2D eigenvalue weighted by molar-refractivity contribution is 7.15. The van der Waals surface area contributed by atoms with Gasteiger partial charge in [0.05, 0.1) is 22.3 Å². The summed E-state index contributed by atoms with van der Waals surface area (Å²) in [5.41, 5.74) is 6.05. The number of para-hydroxylation sites is 1. The molecule has 23 heavy (non-hydrogen) atoms. The van der Waals surface area contributed by atoms with Gasteiger partial charge in [-0.05, 0) is 18.7 Å². The van der Waals surface area contributed by atoms with Gasteiger partial charge in [-0.15, -0.1) is 23.7 Å². The van der Waals surface area contributed by atoms with Crippen LogP contribution >= 0.6 is 46.9 Å². The number of anilines is 2. The molecule has 5 nitrogen and oxygen atoms in total.